The summed E-state index contributed by atoms with van der Waals surface area (Å²) in [5.41, 5.74) is 0.707. The predicted molar refractivity (Wildman–Crippen MR) is 53.0 cm³/mol. The van der Waals surface area contributed by atoms with Crippen molar-refractivity contribution in [3.05, 3.63) is 34.1 Å². The molecule has 1 aromatic carbocycles. The summed E-state index contributed by atoms with van der Waals surface area (Å²) >= 11 is 3.02. The molecule has 0 heterocycles. The molecule has 14 heavy (non-hydrogen) atoms. The van der Waals surface area contributed by atoms with Crippen LogP contribution in [0.2, 0.25) is 0 Å². The molecule has 0 aliphatic heterocycles. The standard InChI is InChI=1S/C10H7BrFNO/c11-9-6-7(1-2-10(9)12)5-8(14)3-4-13/h1-2,6H,3,5H2. The van der Waals surface area contributed by atoms with Crippen LogP contribution in [0.15, 0.2) is 22.7 Å². The molecule has 2 nitrogen and oxygen atoms in total. The van der Waals surface area contributed by atoms with Gasteiger partial charge in [0.2, 0.25) is 0 Å². The smallest absolute Gasteiger partial charge is 0.151 e. The molecule has 0 spiro atoms. The summed E-state index contributed by atoms with van der Waals surface area (Å²) in [4.78, 5) is 11.1. The van der Waals surface area contributed by atoms with E-state index in [9.17, 15) is 9.18 Å². The molecule has 4 heteroatoms. The second-order valence-corrected chi connectivity index (χ2v) is 3.65. The van der Waals surface area contributed by atoms with Gasteiger partial charge in [0.15, 0.2) is 5.78 Å². The molecule has 1 aromatic rings. The number of halogens is 2. The Labute approximate surface area is 89.5 Å². The summed E-state index contributed by atoms with van der Waals surface area (Å²) < 4.78 is 13.1. The van der Waals surface area contributed by atoms with Gasteiger partial charge in [-0.3, -0.25) is 4.79 Å². The van der Waals surface area contributed by atoms with Crippen LogP contribution >= 0.6 is 15.9 Å². The van der Waals surface area contributed by atoms with Crippen LogP contribution in [-0.4, -0.2) is 5.78 Å². The Kier molecular flexibility index (Phi) is 3.78. The van der Waals surface area contributed by atoms with Crippen molar-refractivity contribution in [2.45, 2.75) is 12.8 Å². The number of carbonyl (C=O) groups excluding carboxylic acids is 1. The van der Waals surface area contributed by atoms with Crippen LogP contribution in [-0.2, 0) is 11.2 Å². The Morgan fingerprint density at radius 3 is 2.86 bits per heavy atom. The van der Waals surface area contributed by atoms with Crippen molar-refractivity contribution in [1.29, 1.82) is 5.26 Å². The molecular formula is C10H7BrFNO. The molecule has 0 atom stereocenters. The zero-order chi connectivity index (χ0) is 10.6. The minimum absolute atomic E-state index is 0.102. The molecule has 0 saturated heterocycles. The van der Waals surface area contributed by atoms with Gasteiger partial charge >= 0.3 is 0 Å². The number of ketones is 1. The molecule has 0 unspecified atom stereocenters. The predicted octanol–water partition coefficient (Wildman–Crippen LogP) is 2.61. The largest absolute Gasteiger partial charge is 0.298 e. The van der Waals surface area contributed by atoms with Gasteiger partial charge in [0.05, 0.1) is 17.0 Å². The van der Waals surface area contributed by atoms with E-state index in [0.717, 1.165) is 0 Å². The highest BCUT2D eigenvalue weighted by Gasteiger charge is 2.05. The Balaban J connectivity index is 2.74. The molecule has 0 N–H and O–H groups in total. The average molecular weight is 256 g/mol. The van der Waals surface area contributed by atoms with Crippen LogP contribution in [0.1, 0.15) is 12.0 Å². The maximum absolute atomic E-state index is 12.8. The molecule has 0 amide bonds. The number of nitriles is 1. The lowest BCUT2D eigenvalue weighted by molar-refractivity contribution is -0.117. The van der Waals surface area contributed by atoms with Crippen LogP contribution in [0.4, 0.5) is 4.39 Å². The zero-order valence-electron chi connectivity index (χ0n) is 7.26. The highest BCUT2D eigenvalue weighted by Crippen LogP contribution is 2.17. The number of benzene rings is 1. The number of hydrogen-bond acceptors (Lipinski definition) is 2. The Hall–Kier alpha value is -1.21. The van der Waals surface area contributed by atoms with Crippen LogP contribution < -0.4 is 0 Å². The molecule has 0 radical (unpaired) electrons. The lowest BCUT2D eigenvalue weighted by atomic mass is 10.1. The van der Waals surface area contributed by atoms with Gasteiger partial charge in [0.25, 0.3) is 0 Å². The van der Waals surface area contributed by atoms with E-state index in [0.29, 0.717) is 10.0 Å². The molecule has 1 rings (SSSR count). The summed E-state index contributed by atoms with van der Waals surface area (Å²) in [5.74, 6) is -0.521. The van der Waals surface area contributed by atoms with E-state index in [-0.39, 0.29) is 24.4 Å². The van der Waals surface area contributed by atoms with Crippen LogP contribution in [0, 0.1) is 17.1 Å². The topological polar surface area (TPSA) is 40.9 Å². The number of hydrogen-bond donors (Lipinski definition) is 0. The lowest BCUT2D eigenvalue weighted by Crippen LogP contribution is -2.01. The van der Waals surface area contributed by atoms with Crippen LogP contribution in [0.5, 0.6) is 0 Å². The first kappa shape index (κ1) is 10.9. The minimum Gasteiger partial charge on any atom is -0.298 e. The van der Waals surface area contributed by atoms with Gasteiger partial charge in [-0.25, -0.2) is 4.39 Å². The number of Topliss-reactive ketones (excluding diaryl/α,β-unsaturated/α-hetero) is 1. The third kappa shape index (κ3) is 2.93. The first-order valence-corrected chi connectivity index (χ1v) is 4.75. The second kappa shape index (κ2) is 4.87. The van der Waals surface area contributed by atoms with E-state index >= 15 is 0 Å². The Morgan fingerprint density at radius 1 is 1.57 bits per heavy atom. The molecule has 0 aliphatic rings. The SMILES string of the molecule is N#CCC(=O)Cc1ccc(F)c(Br)c1. The van der Waals surface area contributed by atoms with Gasteiger partial charge < -0.3 is 0 Å². The average Bonchev–Trinajstić information content (AvgIpc) is 2.12. The van der Waals surface area contributed by atoms with E-state index in [1.807, 2.05) is 0 Å². The fourth-order valence-electron chi connectivity index (χ4n) is 1.03. The van der Waals surface area contributed by atoms with Gasteiger partial charge in [-0.2, -0.15) is 5.26 Å². The first-order chi connectivity index (χ1) is 6.63. The molecular weight excluding hydrogens is 249 g/mol. The van der Waals surface area contributed by atoms with Crippen molar-refractivity contribution in [1.82, 2.24) is 0 Å². The highest BCUT2D eigenvalue weighted by molar-refractivity contribution is 9.10. The summed E-state index contributed by atoms with van der Waals surface area (Å²) in [7, 11) is 0. The monoisotopic (exact) mass is 255 g/mol. The maximum Gasteiger partial charge on any atom is 0.151 e. The fraction of sp³-hybridized carbons (Fsp3) is 0.200. The molecule has 72 valence electrons. The van der Waals surface area contributed by atoms with E-state index in [4.69, 9.17) is 5.26 Å². The number of nitrogens with zero attached hydrogens (tertiary/aromatic N) is 1. The number of rotatable bonds is 3. The first-order valence-electron chi connectivity index (χ1n) is 3.96. The molecule has 0 fully saturated rings. The summed E-state index contributed by atoms with van der Waals surface area (Å²) in [5, 5.41) is 8.27. The fourth-order valence-corrected chi connectivity index (χ4v) is 1.45. The van der Waals surface area contributed by atoms with E-state index < -0.39 is 0 Å². The third-order valence-corrected chi connectivity index (χ3v) is 2.27. The van der Waals surface area contributed by atoms with Gasteiger partial charge in [0.1, 0.15) is 5.82 Å². The summed E-state index contributed by atoms with van der Waals surface area (Å²) in [6, 6.07) is 6.15. The van der Waals surface area contributed by atoms with E-state index in [2.05, 4.69) is 15.9 Å². The van der Waals surface area contributed by atoms with Gasteiger partial charge in [-0.05, 0) is 33.6 Å². The quantitative estimate of drug-likeness (QED) is 0.833. The van der Waals surface area contributed by atoms with Crippen molar-refractivity contribution < 1.29 is 9.18 Å². The van der Waals surface area contributed by atoms with Crippen molar-refractivity contribution in [2.75, 3.05) is 0 Å². The summed E-state index contributed by atoms with van der Waals surface area (Å²) in [6.45, 7) is 0. The number of carbonyl (C=O) groups is 1. The Morgan fingerprint density at radius 2 is 2.29 bits per heavy atom. The zero-order valence-corrected chi connectivity index (χ0v) is 8.84. The Bertz CT molecular complexity index is 398. The third-order valence-electron chi connectivity index (χ3n) is 1.66. The van der Waals surface area contributed by atoms with Gasteiger partial charge in [-0.1, -0.05) is 6.07 Å². The van der Waals surface area contributed by atoms with Crippen LogP contribution in [0.25, 0.3) is 0 Å². The van der Waals surface area contributed by atoms with Gasteiger partial charge in [-0.15, -0.1) is 0 Å². The second-order valence-electron chi connectivity index (χ2n) is 2.80. The summed E-state index contributed by atoms with van der Waals surface area (Å²) in [6.07, 6.45) is 0.0709. The van der Waals surface area contributed by atoms with E-state index in [1.165, 1.54) is 12.1 Å². The molecule has 0 aromatic heterocycles. The molecule has 0 bridgehead atoms. The maximum atomic E-state index is 12.8. The van der Waals surface area contributed by atoms with E-state index in [1.54, 1.807) is 12.1 Å². The lowest BCUT2D eigenvalue weighted by Gasteiger charge is -1.99. The van der Waals surface area contributed by atoms with Gasteiger partial charge in [0, 0.05) is 6.42 Å². The minimum atomic E-state index is -0.360. The van der Waals surface area contributed by atoms with Crippen molar-refractivity contribution in [3.63, 3.8) is 0 Å². The molecule has 0 saturated carbocycles. The van der Waals surface area contributed by atoms with Crippen molar-refractivity contribution >= 4 is 21.7 Å². The van der Waals surface area contributed by atoms with Crippen LogP contribution in [0.3, 0.4) is 0 Å². The molecule has 0 aliphatic carbocycles. The van der Waals surface area contributed by atoms with Crippen molar-refractivity contribution in [2.24, 2.45) is 0 Å². The normalized spacial score (nSPS) is 9.50. The highest BCUT2D eigenvalue weighted by atomic mass is 79.9. The van der Waals surface area contributed by atoms with Crippen molar-refractivity contribution in [3.8, 4) is 6.07 Å².